The Morgan fingerprint density at radius 1 is 0.917 bits per heavy atom. The average Bonchev–Trinajstić information content (AvgIpc) is 2.86. The van der Waals surface area contributed by atoms with E-state index >= 15 is 0 Å². The summed E-state index contributed by atoms with van der Waals surface area (Å²) < 4.78 is 35.0. The van der Waals surface area contributed by atoms with E-state index in [1.807, 2.05) is 37.3 Å². The van der Waals surface area contributed by atoms with Crippen LogP contribution in [0.3, 0.4) is 0 Å². The second kappa shape index (κ2) is 14.9. The predicted molar refractivity (Wildman–Crippen MR) is 135 cm³/mol. The van der Waals surface area contributed by atoms with Crippen LogP contribution in [0.2, 0.25) is 0 Å². The molecule has 0 aliphatic heterocycles. The van der Waals surface area contributed by atoms with Gasteiger partial charge in [-0.3, -0.25) is 9.59 Å². The van der Waals surface area contributed by atoms with Gasteiger partial charge in [0.2, 0.25) is 5.91 Å². The molecule has 2 rings (SSSR count). The van der Waals surface area contributed by atoms with Crippen molar-refractivity contribution in [3.63, 3.8) is 0 Å². The van der Waals surface area contributed by atoms with Crippen LogP contribution in [0.1, 0.15) is 43.7 Å². The SMILES string of the molecule is CCOC(=O)CNC(=O)C(CCCCCS(=O)(=O)c1ccc(C)cc1)NC(=O)OCc1ccccc1. The maximum absolute atomic E-state index is 12.6. The zero-order valence-electron chi connectivity index (χ0n) is 20.7. The minimum absolute atomic E-state index is 0.0116. The molecule has 0 aliphatic carbocycles. The maximum Gasteiger partial charge on any atom is 0.408 e. The number of alkyl carbamates (subject to hydrolysis) is 1. The molecule has 0 bridgehead atoms. The molecule has 1 atom stereocenters. The van der Waals surface area contributed by atoms with Gasteiger partial charge in [0.05, 0.1) is 17.3 Å². The second-order valence-electron chi connectivity index (χ2n) is 8.26. The van der Waals surface area contributed by atoms with E-state index in [0.29, 0.717) is 19.3 Å². The number of hydrogen-bond donors (Lipinski definition) is 2. The highest BCUT2D eigenvalue weighted by Crippen LogP contribution is 2.15. The van der Waals surface area contributed by atoms with Crippen LogP contribution >= 0.6 is 0 Å². The van der Waals surface area contributed by atoms with E-state index < -0.39 is 33.8 Å². The number of hydrogen-bond acceptors (Lipinski definition) is 7. The van der Waals surface area contributed by atoms with E-state index in [9.17, 15) is 22.8 Å². The third kappa shape index (κ3) is 10.5. The van der Waals surface area contributed by atoms with Crippen molar-refractivity contribution < 1.29 is 32.3 Å². The molecule has 1 unspecified atom stereocenters. The van der Waals surface area contributed by atoms with Crippen LogP contribution in [-0.4, -0.2) is 51.3 Å². The molecular weight excluding hydrogens is 484 g/mol. The predicted octanol–water partition coefficient (Wildman–Crippen LogP) is 3.30. The molecular formula is C26H34N2O7S. The van der Waals surface area contributed by atoms with Crippen molar-refractivity contribution in [1.29, 1.82) is 0 Å². The van der Waals surface area contributed by atoms with Crippen LogP contribution in [0.25, 0.3) is 0 Å². The molecule has 2 amide bonds. The standard InChI is InChI=1S/C26H34N2O7S/c1-3-34-24(29)18-27-25(30)23(28-26(31)35-19-21-10-6-4-7-11-21)12-8-5-9-17-36(32,33)22-15-13-20(2)14-16-22/h4,6-7,10-11,13-16,23H,3,5,8-9,12,17-19H2,1-2H3,(H,27,30)(H,28,31). The molecule has 2 aromatic rings. The van der Waals surface area contributed by atoms with Crippen LogP contribution in [-0.2, 0) is 35.5 Å². The van der Waals surface area contributed by atoms with Gasteiger partial charge < -0.3 is 20.1 Å². The summed E-state index contributed by atoms with van der Waals surface area (Å²) in [6, 6.07) is 14.9. The lowest BCUT2D eigenvalue weighted by molar-refractivity contribution is -0.143. The maximum atomic E-state index is 12.6. The second-order valence-corrected chi connectivity index (χ2v) is 10.4. The molecule has 36 heavy (non-hydrogen) atoms. The van der Waals surface area contributed by atoms with Gasteiger partial charge in [0.15, 0.2) is 9.84 Å². The summed E-state index contributed by atoms with van der Waals surface area (Å²) in [4.78, 5) is 36.8. The molecule has 0 spiro atoms. The van der Waals surface area contributed by atoms with Crippen molar-refractivity contribution in [2.75, 3.05) is 18.9 Å². The fourth-order valence-corrected chi connectivity index (χ4v) is 4.72. The van der Waals surface area contributed by atoms with E-state index in [2.05, 4.69) is 10.6 Å². The molecule has 0 saturated carbocycles. The van der Waals surface area contributed by atoms with Crippen molar-refractivity contribution in [3.05, 3.63) is 65.7 Å². The van der Waals surface area contributed by atoms with Crippen LogP contribution in [0.4, 0.5) is 4.79 Å². The Labute approximate surface area is 212 Å². The summed E-state index contributed by atoms with van der Waals surface area (Å²) in [6.45, 7) is 3.46. The number of nitrogens with one attached hydrogen (secondary N) is 2. The van der Waals surface area contributed by atoms with Gasteiger partial charge in [0.25, 0.3) is 0 Å². The van der Waals surface area contributed by atoms with Crippen molar-refractivity contribution in [1.82, 2.24) is 10.6 Å². The Morgan fingerprint density at radius 3 is 2.28 bits per heavy atom. The minimum atomic E-state index is -3.39. The highest BCUT2D eigenvalue weighted by molar-refractivity contribution is 7.91. The molecule has 0 saturated heterocycles. The third-order valence-electron chi connectivity index (χ3n) is 5.32. The molecule has 2 aromatic carbocycles. The number of carbonyl (C=O) groups is 3. The quantitative estimate of drug-likeness (QED) is 0.290. The summed E-state index contributed by atoms with van der Waals surface area (Å²) in [6.07, 6.45) is 0.913. The Balaban J connectivity index is 1.86. The fraction of sp³-hybridized carbons (Fsp3) is 0.423. The summed E-state index contributed by atoms with van der Waals surface area (Å²) in [5, 5.41) is 5.00. The monoisotopic (exact) mass is 518 g/mol. The van der Waals surface area contributed by atoms with Crippen LogP contribution < -0.4 is 10.6 Å². The van der Waals surface area contributed by atoms with Crippen LogP contribution in [0, 0.1) is 6.92 Å². The van der Waals surface area contributed by atoms with Gasteiger partial charge in [-0.25, -0.2) is 13.2 Å². The molecule has 10 heteroatoms. The number of ether oxygens (including phenoxy) is 2. The Hall–Kier alpha value is -3.40. The molecule has 0 aliphatic rings. The molecule has 196 valence electrons. The average molecular weight is 519 g/mol. The van der Waals surface area contributed by atoms with E-state index in [0.717, 1.165) is 11.1 Å². The van der Waals surface area contributed by atoms with Gasteiger partial charge in [-0.2, -0.15) is 0 Å². The normalized spacial score (nSPS) is 11.8. The first-order valence-corrected chi connectivity index (χ1v) is 13.6. The smallest absolute Gasteiger partial charge is 0.408 e. The van der Waals surface area contributed by atoms with Crippen molar-refractivity contribution >= 4 is 27.8 Å². The summed E-state index contributed by atoms with van der Waals surface area (Å²) in [5.41, 5.74) is 1.78. The van der Waals surface area contributed by atoms with E-state index in [1.54, 1.807) is 31.2 Å². The molecule has 0 aromatic heterocycles. The van der Waals surface area contributed by atoms with Gasteiger partial charge in [0, 0.05) is 0 Å². The Bertz CT molecular complexity index is 1090. The minimum Gasteiger partial charge on any atom is -0.465 e. The van der Waals surface area contributed by atoms with Gasteiger partial charge in [-0.1, -0.05) is 60.9 Å². The van der Waals surface area contributed by atoms with Gasteiger partial charge >= 0.3 is 12.1 Å². The molecule has 0 fully saturated rings. The molecule has 2 N–H and O–H groups in total. The highest BCUT2D eigenvalue weighted by atomic mass is 32.2. The summed E-state index contributed by atoms with van der Waals surface area (Å²) in [7, 11) is -3.39. The first-order valence-electron chi connectivity index (χ1n) is 11.9. The summed E-state index contributed by atoms with van der Waals surface area (Å²) in [5.74, 6) is -1.15. The topological polar surface area (TPSA) is 128 Å². The van der Waals surface area contributed by atoms with E-state index in [1.165, 1.54) is 0 Å². The number of rotatable bonds is 14. The number of benzene rings is 2. The zero-order valence-corrected chi connectivity index (χ0v) is 21.5. The number of unbranched alkanes of at least 4 members (excludes halogenated alkanes) is 2. The number of esters is 1. The van der Waals surface area contributed by atoms with Crippen molar-refractivity contribution in [2.24, 2.45) is 0 Å². The number of aryl methyl sites for hydroxylation is 1. The molecule has 0 heterocycles. The van der Waals surface area contributed by atoms with E-state index in [-0.39, 0.29) is 36.8 Å². The van der Waals surface area contributed by atoms with Crippen LogP contribution in [0.15, 0.2) is 59.5 Å². The largest absolute Gasteiger partial charge is 0.465 e. The molecule has 0 radical (unpaired) electrons. The first kappa shape index (κ1) is 28.8. The zero-order chi connectivity index (χ0) is 26.4. The van der Waals surface area contributed by atoms with Crippen molar-refractivity contribution in [3.8, 4) is 0 Å². The number of amides is 2. The lowest BCUT2D eigenvalue weighted by Crippen LogP contribution is -2.48. The van der Waals surface area contributed by atoms with Crippen LogP contribution in [0.5, 0.6) is 0 Å². The van der Waals surface area contributed by atoms with Gasteiger partial charge in [-0.15, -0.1) is 0 Å². The third-order valence-corrected chi connectivity index (χ3v) is 7.14. The number of carbonyl (C=O) groups excluding carboxylic acids is 3. The lowest BCUT2D eigenvalue weighted by atomic mass is 10.1. The van der Waals surface area contributed by atoms with Crippen molar-refractivity contribution in [2.45, 2.75) is 57.1 Å². The van der Waals surface area contributed by atoms with Gasteiger partial charge in [0.1, 0.15) is 19.2 Å². The lowest BCUT2D eigenvalue weighted by Gasteiger charge is -2.18. The van der Waals surface area contributed by atoms with E-state index in [4.69, 9.17) is 9.47 Å². The Morgan fingerprint density at radius 2 is 1.61 bits per heavy atom. The Kier molecular flexibility index (Phi) is 11.9. The fourth-order valence-electron chi connectivity index (χ4n) is 3.35. The summed E-state index contributed by atoms with van der Waals surface area (Å²) >= 11 is 0. The molecule has 9 nitrogen and oxygen atoms in total. The highest BCUT2D eigenvalue weighted by Gasteiger charge is 2.22. The first-order chi connectivity index (χ1) is 17.2. The van der Waals surface area contributed by atoms with Gasteiger partial charge in [-0.05, 0) is 44.4 Å². The number of sulfone groups is 1.